The summed E-state index contributed by atoms with van der Waals surface area (Å²) >= 11 is 4.35. The monoisotopic (exact) mass is 1010 g/mol. The third-order valence-corrected chi connectivity index (χ3v) is 14.9. The average Bonchev–Trinajstić information content (AvgIpc) is 3.60. The summed E-state index contributed by atoms with van der Waals surface area (Å²) < 4.78 is 42.7. The van der Waals surface area contributed by atoms with Crippen molar-refractivity contribution in [3.05, 3.63) is 83.7 Å². The number of benzene rings is 2. The van der Waals surface area contributed by atoms with Gasteiger partial charge in [-0.2, -0.15) is 11.8 Å². The summed E-state index contributed by atoms with van der Waals surface area (Å²) in [6, 6.07) is 14.8. The van der Waals surface area contributed by atoms with Gasteiger partial charge < -0.3 is 34.9 Å². The van der Waals surface area contributed by atoms with Crippen LogP contribution < -0.4 is 16.0 Å². The maximum absolute atomic E-state index is 15.3. The van der Waals surface area contributed by atoms with Crippen molar-refractivity contribution in [2.24, 2.45) is 5.41 Å². The topological polar surface area (TPSA) is 148 Å². The molecule has 0 saturated heterocycles. The standard InChI is InChI=1S/C46H68BrF2N5O7SSi2/c1-46(2,3)43(39-26-34(36-27-35(48)16-17-37(36)49)31-53(39)30-33-14-11-10-12-15-33)54(20-13-19-50-45(59)61-22-25-64(7,8)9)42(57)32-62-23-18-40(55)52-38(29-51-41(56)28-47)44(58)60-21-24-63(4,5)6/h10-12,14-17,26-27,31,38,43H,13,18-25,28-30,32H2,1-9H3,(H,50,59)(H,51,56)(H,52,55)/t38-,43+/m1/s1. The Labute approximate surface area is 392 Å². The highest BCUT2D eigenvalue weighted by Crippen LogP contribution is 2.41. The Bertz CT molecular complexity index is 2010. The van der Waals surface area contributed by atoms with E-state index in [1.807, 2.05) is 61.7 Å². The van der Waals surface area contributed by atoms with E-state index in [0.29, 0.717) is 30.8 Å². The van der Waals surface area contributed by atoms with Gasteiger partial charge in [0.1, 0.15) is 17.7 Å². The predicted octanol–water partition coefficient (Wildman–Crippen LogP) is 8.85. The normalized spacial score (nSPS) is 12.8. The maximum Gasteiger partial charge on any atom is 0.407 e. The Hall–Kier alpha value is -4.01. The number of thioether (sulfide) groups is 1. The van der Waals surface area contributed by atoms with Crippen LogP contribution in [0.5, 0.6) is 0 Å². The number of alkyl carbamates (subject to hydrolysis) is 1. The highest BCUT2D eigenvalue weighted by molar-refractivity contribution is 9.09. The largest absolute Gasteiger partial charge is 0.464 e. The minimum absolute atomic E-state index is 0.000266. The van der Waals surface area contributed by atoms with Gasteiger partial charge in [-0.3, -0.25) is 14.4 Å². The van der Waals surface area contributed by atoms with Gasteiger partial charge >= 0.3 is 12.1 Å². The molecule has 354 valence electrons. The quantitative estimate of drug-likeness (QED) is 0.0330. The molecule has 0 bridgehead atoms. The number of hydrogen-bond donors (Lipinski definition) is 3. The second-order valence-corrected chi connectivity index (χ2v) is 32.2. The molecule has 3 N–H and O–H groups in total. The summed E-state index contributed by atoms with van der Waals surface area (Å²) in [7, 11) is -2.90. The van der Waals surface area contributed by atoms with Crippen LogP contribution in [0.25, 0.3) is 11.1 Å². The van der Waals surface area contributed by atoms with Gasteiger partial charge in [0.2, 0.25) is 17.7 Å². The smallest absolute Gasteiger partial charge is 0.407 e. The molecular weight excluding hydrogens is 941 g/mol. The second kappa shape index (κ2) is 25.6. The predicted molar refractivity (Wildman–Crippen MR) is 261 cm³/mol. The molecule has 0 fully saturated rings. The van der Waals surface area contributed by atoms with Crippen molar-refractivity contribution in [3.63, 3.8) is 0 Å². The molecule has 64 heavy (non-hydrogen) atoms. The lowest BCUT2D eigenvalue weighted by molar-refractivity contribution is -0.147. The number of aromatic nitrogens is 1. The van der Waals surface area contributed by atoms with Crippen LogP contribution in [0, 0.1) is 17.0 Å². The van der Waals surface area contributed by atoms with Gasteiger partial charge in [0, 0.05) is 77.5 Å². The van der Waals surface area contributed by atoms with Crippen LogP contribution in [0.2, 0.25) is 51.4 Å². The van der Waals surface area contributed by atoms with E-state index in [0.717, 1.165) is 35.9 Å². The average molecular weight is 1010 g/mol. The minimum atomic E-state index is -1.49. The van der Waals surface area contributed by atoms with Crippen molar-refractivity contribution in [2.75, 3.05) is 49.7 Å². The Morgan fingerprint density at radius 1 is 0.875 bits per heavy atom. The molecule has 3 rings (SSSR count). The molecule has 0 aliphatic carbocycles. The van der Waals surface area contributed by atoms with Crippen LogP contribution in [-0.4, -0.2) is 111 Å². The summed E-state index contributed by atoms with van der Waals surface area (Å²) in [6.07, 6.45) is 1.63. The van der Waals surface area contributed by atoms with Crippen LogP contribution in [0.15, 0.2) is 60.8 Å². The van der Waals surface area contributed by atoms with Crippen LogP contribution in [0.4, 0.5) is 13.6 Å². The number of rotatable bonds is 25. The lowest BCUT2D eigenvalue weighted by Crippen LogP contribution is -2.49. The van der Waals surface area contributed by atoms with E-state index < -0.39 is 63.3 Å². The number of carbonyl (C=O) groups excluding carboxylic acids is 5. The number of nitrogens with one attached hydrogen (secondary N) is 3. The number of nitrogens with zero attached hydrogens (tertiary/aromatic N) is 2. The number of alkyl halides is 1. The van der Waals surface area contributed by atoms with Gasteiger partial charge in [-0.25, -0.2) is 18.4 Å². The van der Waals surface area contributed by atoms with E-state index in [4.69, 9.17) is 9.47 Å². The summed E-state index contributed by atoms with van der Waals surface area (Å²) in [6.45, 7) is 20.4. The van der Waals surface area contributed by atoms with Crippen molar-refractivity contribution in [1.29, 1.82) is 0 Å². The summed E-state index contributed by atoms with van der Waals surface area (Å²) in [5.74, 6) is -2.57. The van der Waals surface area contributed by atoms with E-state index in [1.54, 1.807) is 11.1 Å². The zero-order chi connectivity index (χ0) is 47.7. The minimum Gasteiger partial charge on any atom is -0.464 e. The highest BCUT2D eigenvalue weighted by Gasteiger charge is 2.37. The fourth-order valence-electron chi connectivity index (χ4n) is 6.64. The molecule has 2 atom stereocenters. The number of esters is 1. The molecule has 1 aromatic heterocycles. The number of halogens is 3. The Morgan fingerprint density at radius 3 is 2.16 bits per heavy atom. The van der Waals surface area contributed by atoms with E-state index in [2.05, 4.69) is 71.2 Å². The van der Waals surface area contributed by atoms with Gasteiger partial charge in [0.05, 0.1) is 30.3 Å². The zero-order valence-electron chi connectivity index (χ0n) is 38.9. The first-order chi connectivity index (χ1) is 30.0. The van der Waals surface area contributed by atoms with Gasteiger partial charge in [-0.05, 0) is 53.8 Å². The molecule has 3 aromatic rings. The van der Waals surface area contributed by atoms with Crippen LogP contribution >= 0.6 is 27.7 Å². The molecular formula is C46H68BrF2N5O7SSi2. The number of carbonyl (C=O) groups is 5. The van der Waals surface area contributed by atoms with Gasteiger partial charge in [0.15, 0.2) is 0 Å². The van der Waals surface area contributed by atoms with E-state index in [1.165, 1.54) is 11.8 Å². The Morgan fingerprint density at radius 2 is 1.53 bits per heavy atom. The van der Waals surface area contributed by atoms with Crippen molar-refractivity contribution < 1.29 is 42.2 Å². The van der Waals surface area contributed by atoms with Gasteiger partial charge in [-0.15, -0.1) is 0 Å². The molecule has 0 aliphatic rings. The highest BCUT2D eigenvalue weighted by atomic mass is 79.9. The lowest BCUT2D eigenvalue weighted by Gasteiger charge is -2.41. The van der Waals surface area contributed by atoms with Crippen molar-refractivity contribution in [2.45, 2.75) is 104 Å². The molecule has 2 aromatic carbocycles. The molecule has 12 nitrogen and oxygen atoms in total. The maximum atomic E-state index is 15.3. The number of ether oxygens (including phenoxy) is 2. The zero-order valence-corrected chi connectivity index (χ0v) is 43.3. The number of hydrogen-bond acceptors (Lipinski definition) is 8. The Kier molecular flexibility index (Phi) is 21.8. The molecule has 18 heteroatoms. The lowest BCUT2D eigenvalue weighted by atomic mass is 9.83. The van der Waals surface area contributed by atoms with E-state index in [-0.39, 0.29) is 66.9 Å². The molecule has 0 aliphatic heterocycles. The van der Waals surface area contributed by atoms with Gasteiger partial charge in [0.25, 0.3) is 0 Å². The van der Waals surface area contributed by atoms with Crippen molar-refractivity contribution in [3.8, 4) is 11.1 Å². The van der Waals surface area contributed by atoms with Crippen molar-refractivity contribution >= 4 is 73.6 Å². The van der Waals surface area contributed by atoms with Gasteiger partial charge in [-0.1, -0.05) is 106 Å². The van der Waals surface area contributed by atoms with E-state index in [9.17, 15) is 28.4 Å². The first kappa shape index (κ1) is 54.3. The molecule has 0 radical (unpaired) electrons. The van der Waals surface area contributed by atoms with Crippen LogP contribution in [0.3, 0.4) is 0 Å². The SMILES string of the molecule is CC(C)(C)[C@H](c1cc(-c2cc(F)ccc2F)cn1Cc1ccccc1)N(CCCNC(=O)OCC[Si](C)(C)C)C(=O)CSCCC(=O)N[C@H](CNC(=O)CBr)C(=O)OCC[Si](C)(C)C. The van der Waals surface area contributed by atoms with Crippen molar-refractivity contribution in [1.82, 2.24) is 25.4 Å². The first-order valence-corrected chi connectivity index (χ1v) is 31.4. The molecule has 0 unspecified atom stereocenters. The molecule has 1 heterocycles. The summed E-state index contributed by atoms with van der Waals surface area (Å²) in [5.41, 5.74) is 1.64. The first-order valence-electron chi connectivity index (χ1n) is 21.7. The summed E-state index contributed by atoms with van der Waals surface area (Å²) in [4.78, 5) is 67.0. The third-order valence-electron chi connectivity index (χ3n) is 10.1. The third kappa shape index (κ3) is 19.6. The molecule has 4 amide bonds. The molecule has 0 saturated carbocycles. The Balaban J connectivity index is 1.88. The van der Waals surface area contributed by atoms with E-state index >= 15 is 4.39 Å². The van der Waals surface area contributed by atoms with Crippen LogP contribution in [0.1, 0.15) is 50.9 Å². The second-order valence-electron chi connectivity index (χ2n) is 19.3. The molecule has 0 spiro atoms. The summed E-state index contributed by atoms with van der Waals surface area (Å²) in [5, 5.41) is 8.15. The van der Waals surface area contributed by atoms with Crippen LogP contribution in [-0.2, 0) is 35.2 Å². The fourth-order valence-corrected chi connectivity index (χ4v) is 9.08. The number of amides is 4. The fraction of sp³-hybridized carbons (Fsp3) is 0.543.